The van der Waals surface area contributed by atoms with Gasteiger partial charge in [-0.2, -0.15) is 0 Å². The summed E-state index contributed by atoms with van der Waals surface area (Å²) < 4.78 is 0. The predicted octanol–water partition coefficient (Wildman–Crippen LogP) is 3.78. The van der Waals surface area contributed by atoms with E-state index in [9.17, 15) is 0 Å². The average molecular weight is 274 g/mol. The topological polar surface area (TPSA) is 24.9 Å². The predicted molar refractivity (Wildman–Crippen MR) is 82.9 cm³/mol. The fourth-order valence-electron chi connectivity index (χ4n) is 2.20. The fraction of sp³-hybridized carbons (Fsp3) is 0.438. The Hall–Kier alpha value is -1.19. The number of nitrogens with zero attached hydrogens (tertiary/aromatic N) is 1. The Bertz CT molecular complexity index is 491. The van der Waals surface area contributed by atoms with Gasteiger partial charge in [-0.25, -0.2) is 4.98 Å². The third-order valence-electron chi connectivity index (χ3n) is 3.23. The van der Waals surface area contributed by atoms with Gasteiger partial charge in [0.25, 0.3) is 0 Å². The minimum absolute atomic E-state index is 0.490. The summed E-state index contributed by atoms with van der Waals surface area (Å²) in [6, 6.07) is 9.33. The minimum atomic E-state index is 0.490. The van der Waals surface area contributed by atoms with E-state index in [1.807, 2.05) is 5.51 Å². The lowest BCUT2D eigenvalue weighted by molar-refractivity contribution is 0.524. The second-order valence-corrected chi connectivity index (χ2v) is 6.08. The molecule has 0 aliphatic rings. The first kappa shape index (κ1) is 14.2. The fourth-order valence-corrected chi connectivity index (χ4v) is 2.77. The Morgan fingerprint density at radius 3 is 2.79 bits per heavy atom. The van der Waals surface area contributed by atoms with Crippen molar-refractivity contribution in [3.05, 3.63) is 52.0 Å². The molecule has 2 aromatic rings. The van der Waals surface area contributed by atoms with Crippen LogP contribution in [0.3, 0.4) is 0 Å². The Morgan fingerprint density at radius 1 is 1.32 bits per heavy atom. The van der Waals surface area contributed by atoms with E-state index in [4.69, 9.17) is 0 Å². The molecule has 102 valence electrons. The van der Waals surface area contributed by atoms with Gasteiger partial charge in [0, 0.05) is 23.9 Å². The van der Waals surface area contributed by atoms with Crippen molar-refractivity contribution in [3.8, 4) is 0 Å². The number of hydrogen-bond donors (Lipinski definition) is 1. The van der Waals surface area contributed by atoms with Gasteiger partial charge in [-0.05, 0) is 18.9 Å². The first-order valence-corrected chi connectivity index (χ1v) is 7.76. The minimum Gasteiger partial charge on any atom is -0.314 e. The molecular weight excluding hydrogens is 252 g/mol. The van der Waals surface area contributed by atoms with Crippen molar-refractivity contribution >= 4 is 11.3 Å². The van der Waals surface area contributed by atoms with Crippen LogP contribution in [0.15, 0.2) is 35.2 Å². The number of hydrogen-bond acceptors (Lipinski definition) is 3. The quantitative estimate of drug-likeness (QED) is 0.867. The van der Waals surface area contributed by atoms with Gasteiger partial charge in [-0.15, -0.1) is 11.3 Å². The maximum atomic E-state index is 4.42. The molecule has 0 saturated heterocycles. The molecule has 19 heavy (non-hydrogen) atoms. The Kier molecular flexibility index (Phi) is 5.11. The summed E-state index contributed by atoms with van der Waals surface area (Å²) in [6.45, 7) is 7.53. The largest absolute Gasteiger partial charge is 0.314 e. The van der Waals surface area contributed by atoms with Crippen molar-refractivity contribution in [2.24, 2.45) is 0 Å². The van der Waals surface area contributed by atoms with Crippen LogP contribution in [0.2, 0.25) is 0 Å². The Morgan fingerprint density at radius 2 is 2.16 bits per heavy atom. The number of benzene rings is 1. The monoisotopic (exact) mass is 274 g/mol. The summed E-state index contributed by atoms with van der Waals surface area (Å²) >= 11 is 1.67. The van der Waals surface area contributed by atoms with E-state index in [-0.39, 0.29) is 0 Å². The first-order chi connectivity index (χ1) is 9.15. The highest BCUT2D eigenvalue weighted by Crippen LogP contribution is 2.21. The van der Waals surface area contributed by atoms with E-state index in [1.54, 1.807) is 11.3 Å². The second kappa shape index (κ2) is 6.83. The highest BCUT2D eigenvalue weighted by atomic mass is 32.1. The van der Waals surface area contributed by atoms with Gasteiger partial charge in [0.1, 0.15) is 0 Å². The molecule has 0 radical (unpaired) electrons. The summed E-state index contributed by atoms with van der Waals surface area (Å²) in [5, 5.41) is 5.70. The Labute approximate surface area is 119 Å². The molecule has 1 N–H and O–H groups in total. The van der Waals surface area contributed by atoms with Crippen LogP contribution < -0.4 is 5.32 Å². The van der Waals surface area contributed by atoms with Crippen molar-refractivity contribution < 1.29 is 0 Å². The van der Waals surface area contributed by atoms with Crippen LogP contribution >= 0.6 is 11.3 Å². The highest BCUT2D eigenvalue weighted by molar-refractivity contribution is 7.07. The third kappa shape index (κ3) is 4.44. The molecule has 0 saturated carbocycles. The molecule has 1 heterocycles. The molecule has 1 atom stereocenters. The van der Waals surface area contributed by atoms with E-state index >= 15 is 0 Å². The zero-order valence-electron chi connectivity index (χ0n) is 11.9. The summed E-state index contributed by atoms with van der Waals surface area (Å²) in [5.41, 5.74) is 5.84. The standard InChI is InChI=1S/C16H22N2S/c1-12(2)17-9-15(8-16-10-19-11-18-16)14-6-4-5-13(3)7-14/h4-7,10-12,15,17H,8-9H2,1-3H3. The zero-order valence-corrected chi connectivity index (χ0v) is 12.7. The third-order valence-corrected chi connectivity index (χ3v) is 3.86. The van der Waals surface area contributed by atoms with E-state index in [1.165, 1.54) is 16.8 Å². The van der Waals surface area contributed by atoms with E-state index < -0.39 is 0 Å². The lowest BCUT2D eigenvalue weighted by Gasteiger charge is -2.19. The number of thiazole rings is 1. The molecule has 3 heteroatoms. The van der Waals surface area contributed by atoms with Crippen molar-refractivity contribution in [3.63, 3.8) is 0 Å². The second-order valence-electron chi connectivity index (χ2n) is 5.36. The number of rotatable bonds is 6. The van der Waals surface area contributed by atoms with Gasteiger partial charge in [0.05, 0.1) is 11.2 Å². The molecule has 0 spiro atoms. The van der Waals surface area contributed by atoms with Gasteiger partial charge in [-0.3, -0.25) is 0 Å². The van der Waals surface area contributed by atoms with Gasteiger partial charge in [0.15, 0.2) is 0 Å². The van der Waals surface area contributed by atoms with Crippen LogP contribution in [-0.2, 0) is 6.42 Å². The van der Waals surface area contributed by atoms with Crippen LogP contribution in [0.25, 0.3) is 0 Å². The van der Waals surface area contributed by atoms with E-state index in [2.05, 4.69) is 60.7 Å². The number of nitrogens with one attached hydrogen (secondary N) is 1. The number of aryl methyl sites for hydroxylation is 1. The molecule has 0 aliphatic heterocycles. The van der Waals surface area contributed by atoms with Crippen molar-refractivity contribution in [1.82, 2.24) is 10.3 Å². The molecular formula is C16H22N2S. The molecule has 2 rings (SSSR count). The van der Waals surface area contributed by atoms with Gasteiger partial charge in [-0.1, -0.05) is 43.7 Å². The molecule has 0 fully saturated rings. The van der Waals surface area contributed by atoms with Gasteiger partial charge >= 0.3 is 0 Å². The molecule has 1 unspecified atom stereocenters. The molecule has 0 bridgehead atoms. The number of aromatic nitrogens is 1. The lowest BCUT2D eigenvalue weighted by Crippen LogP contribution is -2.29. The van der Waals surface area contributed by atoms with Gasteiger partial charge < -0.3 is 5.32 Å². The molecule has 1 aromatic heterocycles. The molecule has 0 aliphatic carbocycles. The summed E-state index contributed by atoms with van der Waals surface area (Å²) in [7, 11) is 0. The average Bonchev–Trinajstić information content (AvgIpc) is 2.87. The normalized spacial score (nSPS) is 12.8. The Balaban J connectivity index is 2.13. The van der Waals surface area contributed by atoms with Crippen LogP contribution in [-0.4, -0.2) is 17.6 Å². The van der Waals surface area contributed by atoms with Crippen molar-refractivity contribution in [2.45, 2.75) is 39.2 Å². The maximum Gasteiger partial charge on any atom is 0.0794 e. The summed E-state index contributed by atoms with van der Waals surface area (Å²) in [4.78, 5) is 4.42. The summed E-state index contributed by atoms with van der Waals surface area (Å²) in [6.07, 6.45) is 1.01. The van der Waals surface area contributed by atoms with Crippen molar-refractivity contribution in [1.29, 1.82) is 0 Å². The molecule has 2 nitrogen and oxygen atoms in total. The van der Waals surface area contributed by atoms with Crippen LogP contribution in [0, 0.1) is 6.92 Å². The van der Waals surface area contributed by atoms with Crippen LogP contribution in [0.1, 0.15) is 36.6 Å². The highest BCUT2D eigenvalue weighted by Gasteiger charge is 2.14. The molecule has 0 amide bonds. The SMILES string of the molecule is Cc1cccc(C(CNC(C)C)Cc2cscn2)c1. The van der Waals surface area contributed by atoms with Gasteiger partial charge in [0.2, 0.25) is 0 Å². The smallest absolute Gasteiger partial charge is 0.0794 e. The summed E-state index contributed by atoms with van der Waals surface area (Å²) in [5.74, 6) is 0.490. The molecule has 1 aromatic carbocycles. The van der Waals surface area contributed by atoms with Crippen LogP contribution in [0.5, 0.6) is 0 Å². The maximum absolute atomic E-state index is 4.42. The van der Waals surface area contributed by atoms with Crippen molar-refractivity contribution in [2.75, 3.05) is 6.54 Å². The zero-order chi connectivity index (χ0) is 13.7. The van der Waals surface area contributed by atoms with Crippen LogP contribution in [0.4, 0.5) is 0 Å². The lowest BCUT2D eigenvalue weighted by atomic mass is 9.93. The van der Waals surface area contributed by atoms with E-state index in [0.29, 0.717) is 12.0 Å². The van der Waals surface area contributed by atoms with E-state index in [0.717, 1.165) is 13.0 Å². The first-order valence-electron chi connectivity index (χ1n) is 6.82.